The Kier molecular flexibility index (Phi) is 7.25. The number of unbranched alkanes of at least 4 members (excludes halogenated alkanes) is 2. The van der Waals surface area contributed by atoms with Crippen molar-refractivity contribution in [1.82, 2.24) is 15.1 Å². The molecule has 3 N–H and O–H groups in total. The first-order chi connectivity index (χ1) is 9.58. The van der Waals surface area contributed by atoms with Gasteiger partial charge in [-0.05, 0) is 26.8 Å². The van der Waals surface area contributed by atoms with Crippen molar-refractivity contribution in [3.8, 4) is 0 Å². The van der Waals surface area contributed by atoms with Crippen LogP contribution in [0.2, 0.25) is 0 Å². The maximum atomic E-state index is 12.1. The summed E-state index contributed by atoms with van der Waals surface area (Å²) in [6.45, 7) is 7.62. The molecule has 1 aromatic heterocycles. The van der Waals surface area contributed by atoms with Crippen molar-refractivity contribution in [3.05, 3.63) is 11.4 Å². The number of H-pyrrole nitrogens is 1. The molecule has 0 fully saturated rings. The fraction of sp³-hybridized carbons (Fsp3) is 0.714. The van der Waals surface area contributed by atoms with E-state index >= 15 is 0 Å². The highest BCUT2D eigenvalue weighted by atomic mass is 16.3. The summed E-state index contributed by atoms with van der Waals surface area (Å²) in [5.41, 5.74) is 2.40. The number of rotatable bonds is 9. The van der Waals surface area contributed by atoms with Crippen molar-refractivity contribution in [2.45, 2.75) is 40.0 Å². The number of aliphatic hydroxyl groups excluding tert-OH is 1. The first-order valence-electron chi connectivity index (χ1n) is 7.23. The second-order valence-corrected chi connectivity index (χ2v) is 5.06. The second kappa shape index (κ2) is 8.71. The van der Waals surface area contributed by atoms with E-state index in [1.807, 2.05) is 18.7 Å². The van der Waals surface area contributed by atoms with E-state index in [0.29, 0.717) is 13.1 Å². The van der Waals surface area contributed by atoms with E-state index in [2.05, 4.69) is 22.4 Å². The smallest absolute Gasteiger partial charge is 0.238 e. The molecule has 0 unspecified atom stereocenters. The minimum atomic E-state index is -0.0671. The van der Waals surface area contributed by atoms with Crippen LogP contribution >= 0.6 is 0 Å². The number of aromatic amines is 1. The number of hydrogen-bond donors (Lipinski definition) is 3. The quantitative estimate of drug-likeness (QED) is 0.599. The van der Waals surface area contributed by atoms with Gasteiger partial charge in [0.2, 0.25) is 5.91 Å². The number of aromatic nitrogens is 2. The molecule has 0 spiro atoms. The Bertz CT molecular complexity index is 398. The number of carbonyl (C=O) groups excluding carboxylic acids is 1. The van der Waals surface area contributed by atoms with Crippen LogP contribution in [0.15, 0.2) is 0 Å². The molecule has 0 saturated carbocycles. The first kappa shape index (κ1) is 16.7. The number of aliphatic hydroxyl groups is 1. The molecule has 1 rings (SSSR count). The van der Waals surface area contributed by atoms with Gasteiger partial charge in [-0.1, -0.05) is 19.8 Å². The molecule has 0 aliphatic heterocycles. The van der Waals surface area contributed by atoms with Gasteiger partial charge in [0.15, 0.2) is 0 Å². The lowest BCUT2D eigenvalue weighted by Crippen LogP contribution is -2.36. The van der Waals surface area contributed by atoms with Gasteiger partial charge in [-0.15, -0.1) is 0 Å². The summed E-state index contributed by atoms with van der Waals surface area (Å²) in [5.74, 6) is -0.0671. The summed E-state index contributed by atoms with van der Waals surface area (Å²) >= 11 is 0. The van der Waals surface area contributed by atoms with Crippen LogP contribution < -0.4 is 5.32 Å². The first-order valence-corrected chi connectivity index (χ1v) is 7.23. The molecule has 0 aromatic carbocycles. The summed E-state index contributed by atoms with van der Waals surface area (Å²) in [4.78, 5) is 14.0. The van der Waals surface area contributed by atoms with E-state index in [-0.39, 0.29) is 12.5 Å². The predicted molar refractivity (Wildman–Crippen MR) is 79.7 cm³/mol. The van der Waals surface area contributed by atoms with Crippen molar-refractivity contribution in [1.29, 1.82) is 0 Å². The molecule has 0 aliphatic rings. The second-order valence-electron chi connectivity index (χ2n) is 5.06. The fourth-order valence-corrected chi connectivity index (χ4v) is 2.11. The van der Waals surface area contributed by atoms with Crippen LogP contribution in [0.25, 0.3) is 0 Å². The molecular formula is C14H26N4O2. The normalized spacial score (nSPS) is 11.1. The third-order valence-electron chi connectivity index (χ3n) is 3.25. The predicted octanol–water partition coefficient (Wildman–Crippen LogP) is 1.45. The average molecular weight is 282 g/mol. The zero-order valence-electron chi connectivity index (χ0n) is 12.7. The van der Waals surface area contributed by atoms with Crippen LogP contribution in [0.5, 0.6) is 0 Å². The van der Waals surface area contributed by atoms with E-state index < -0.39 is 0 Å². The Hall–Kier alpha value is -1.40. The zero-order valence-corrected chi connectivity index (χ0v) is 12.7. The molecule has 0 saturated heterocycles. The number of carbonyl (C=O) groups is 1. The van der Waals surface area contributed by atoms with Crippen LogP contribution in [-0.2, 0) is 4.79 Å². The summed E-state index contributed by atoms with van der Waals surface area (Å²) in [7, 11) is 0. The lowest BCUT2D eigenvalue weighted by molar-refractivity contribution is -0.117. The summed E-state index contributed by atoms with van der Waals surface area (Å²) in [6.07, 6.45) is 3.34. The van der Waals surface area contributed by atoms with Gasteiger partial charge in [-0.2, -0.15) is 5.10 Å². The maximum Gasteiger partial charge on any atom is 0.238 e. The summed E-state index contributed by atoms with van der Waals surface area (Å²) in [5, 5.41) is 18.8. The number of anilines is 1. The van der Waals surface area contributed by atoms with Crippen LogP contribution in [0.4, 0.5) is 5.69 Å². The standard InChI is InChI=1S/C14H26N4O2/c1-4-5-6-7-18(8-9-19)10-13(20)15-14-11(2)16-17-12(14)3/h19H,4-10H2,1-3H3,(H,15,20)(H,16,17). The third kappa shape index (κ3) is 5.30. The molecule has 114 valence electrons. The topological polar surface area (TPSA) is 81.2 Å². The van der Waals surface area contributed by atoms with E-state index in [4.69, 9.17) is 5.11 Å². The molecule has 0 aliphatic carbocycles. The lowest BCUT2D eigenvalue weighted by atomic mass is 10.2. The molecule has 6 nitrogen and oxygen atoms in total. The average Bonchev–Trinajstić information content (AvgIpc) is 2.71. The van der Waals surface area contributed by atoms with Gasteiger partial charge >= 0.3 is 0 Å². The minimum Gasteiger partial charge on any atom is -0.395 e. The molecular weight excluding hydrogens is 256 g/mol. The molecule has 20 heavy (non-hydrogen) atoms. The Labute approximate surface area is 120 Å². The molecule has 0 atom stereocenters. The highest BCUT2D eigenvalue weighted by molar-refractivity contribution is 5.93. The van der Waals surface area contributed by atoms with Crippen molar-refractivity contribution in [3.63, 3.8) is 0 Å². The maximum absolute atomic E-state index is 12.1. The molecule has 0 radical (unpaired) electrons. The minimum absolute atomic E-state index is 0.0671. The van der Waals surface area contributed by atoms with Crippen LogP contribution in [0, 0.1) is 13.8 Å². The number of nitrogens with one attached hydrogen (secondary N) is 2. The van der Waals surface area contributed by atoms with Gasteiger partial charge < -0.3 is 10.4 Å². The lowest BCUT2D eigenvalue weighted by Gasteiger charge is -2.20. The van der Waals surface area contributed by atoms with Gasteiger partial charge in [0, 0.05) is 6.54 Å². The van der Waals surface area contributed by atoms with Gasteiger partial charge in [-0.25, -0.2) is 0 Å². The van der Waals surface area contributed by atoms with E-state index in [0.717, 1.165) is 42.9 Å². The van der Waals surface area contributed by atoms with Crippen molar-refractivity contribution >= 4 is 11.6 Å². The number of hydrogen-bond acceptors (Lipinski definition) is 4. The SMILES string of the molecule is CCCCCN(CCO)CC(=O)Nc1c(C)n[nH]c1C. The van der Waals surface area contributed by atoms with Crippen LogP contribution in [0.3, 0.4) is 0 Å². The van der Waals surface area contributed by atoms with Crippen molar-refractivity contribution < 1.29 is 9.90 Å². The fourth-order valence-electron chi connectivity index (χ4n) is 2.11. The van der Waals surface area contributed by atoms with E-state index in [1.54, 1.807) is 0 Å². The molecule has 0 bridgehead atoms. The van der Waals surface area contributed by atoms with Gasteiger partial charge in [-0.3, -0.25) is 14.8 Å². The van der Waals surface area contributed by atoms with Crippen molar-refractivity contribution in [2.75, 3.05) is 31.6 Å². The monoisotopic (exact) mass is 282 g/mol. The number of nitrogens with zero attached hydrogens (tertiary/aromatic N) is 2. The Morgan fingerprint density at radius 1 is 1.35 bits per heavy atom. The van der Waals surface area contributed by atoms with Crippen LogP contribution in [0.1, 0.15) is 37.6 Å². The highest BCUT2D eigenvalue weighted by Crippen LogP contribution is 2.15. The Morgan fingerprint density at radius 2 is 2.10 bits per heavy atom. The van der Waals surface area contributed by atoms with Gasteiger partial charge in [0.1, 0.15) is 0 Å². The van der Waals surface area contributed by atoms with Crippen molar-refractivity contribution in [2.24, 2.45) is 0 Å². The van der Waals surface area contributed by atoms with Gasteiger partial charge in [0.05, 0.1) is 30.2 Å². The van der Waals surface area contributed by atoms with E-state index in [9.17, 15) is 4.79 Å². The van der Waals surface area contributed by atoms with Gasteiger partial charge in [0.25, 0.3) is 0 Å². The number of aryl methyl sites for hydroxylation is 2. The van der Waals surface area contributed by atoms with Crippen LogP contribution in [-0.4, -0.2) is 52.4 Å². The summed E-state index contributed by atoms with van der Waals surface area (Å²) in [6, 6.07) is 0. The Balaban J connectivity index is 2.49. The Morgan fingerprint density at radius 3 is 2.65 bits per heavy atom. The molecule has 6 heteroatoms. The molecule has 1 amide bonds. The highest BCUT2D eigenvalue weighted by Gasteiger charge is 2.13. The van der Waals surface area contributed by atoms with E-state index in [1.165, 1.54) is 0 Å². The third-order valence-corrected chi connectivity index (χ3v) is 3.25. The molecule has 1 aromatic rings. The number of amides is 1. The molecule has 1 heterocycles. The summed E-state index contributed by atoms with van der Waals surface area (Å²) < 4.78 is 0. The largest absolute Gasteiger partial charge is 0.395 e. The zero-order chi connectivity index (χ0) is 15.0.